The SMILES string of the molecule is COc1ccc2c(c1)OC(C)(C)CN(C(=O)Nc1ccnnc1C)C2. The van der Waals surface area contributed by atoms with E-state index in [4.69, 9.17) is 9.47 Å². The van der Waals surface area contributed by atoms with Crippen molar-refractivity contribution in [2.24, 2.45) is 0 Å². The highest BCUT2D eigenvalue weighted by Crippen LogP contribution is 2.32. The first-order valence-corrected chi connectivity index (χ1v) is 8.08. The average molecular weight is 342 g/mol. The van der Waals surface area contributed by atoms with Gasteiger partial charge in [-0.05, 0) is 39.0 Å². The second-order valence-electron chi connectivity index (χ2n) is 6.65. The molecular weight excluding hydrogens is 320 g/mol. The highest BCUT2D eigenvalue weighted by atomic mass is 16.5. The molecule has 2 amide bonds. The Morgan fingerprint density at radius 2 is 2.16 bits per heavy atom. The van der Waals surface area contributed by atoms with Crippen molar-refractivity contribution in [1.82, 2.24) is 15.1 Å². The third-order valence-corrected chi connectivity index (χ3v) is 4.03. The van der Waals surface area contributed by atoms with Crippen molar-refractivity contribution in [3.05, 3.63) is 41.7 Å². The van der Waals surface area contributed by atoms with Crippen LogP contribution in [0.2, 0.25) is 0 Å². The molecular formula is C18H22N4O3. The minimum Gasteiger partial charge on any atom is -0.497 e. The maximum absolute atomic E-state index is 12.8. The third-order valence-electron chi connectivity index (χ3n) is 4.03. The lowest BCUT2D eigenvalue weighted by Crippen LogP contribution is -2.44. The quantitative estimate of drug-likeness (QED) is 0.908. The lowest BCUT2D eigenvalue weighted by atomic mass is 10.1. The Kier molecular flexibility index (Phi) is 4.48. The summed E-state index contributed by atoms with van der Waals surface area (Å²) in [5.74, 6) is 1.47. The fraction of sp³-hybridized carbons (Fsp3) is 0.389. The number of ether oxygens (including phenoxy) is 2. The summed E-state index contributed by atoms with van der Waals surface area (Å²) in [5, 5.41) is 10.7. The Balaban J connectivity index is 1.86. The van der Waals surface area contributed by atoms with E-state index in [0.29, 0.717) is 24.5 Å². The molecule has 0 saturated carbocycles. The molecule has 2 aromatic rings. The number of amides is 2. The molecule has 2 heterocycles. The fourth-order valence-corrected chi connectivity index (χ4v) is 2.81. The number of methoxy groups -OCH3 is 1. The van der Waals surface area contributed by atoms with Crippen molar-refractivity contribution >= 4 is 11.7 Å². The molecule has 1 N–H and O–H groups in total. The average Bonchev–Trinajstić information content (AvgIpc) is 2.70. The maximum Gasteiger partial charge on any atom is 0.322 e. The molecule has 1 aliphatic heterocycles. The van der Waals surface area contributed by atoms with Crippen LogP contribution in [0.25, 0.3) is 0 Å². The molecule has 132 valence electrons. The minimum absolute atomic E-state index is 0.198. The Hall–Kier alpha value is -2.83. The lowest BCUT2D eigenvalue weighted by Gasteiger charge is -2.29. The largest absolute Gasteiger partial charge is 0.497 e. The number of nitrogens with zero attached hydrogens (tertiary/aromatic N) is 3. The van der Waals surface area contributed by atoms with Crippen LogP contribution in [0.1, 0.15) is 25.1 Å². The number of carbonyl (C=O) groups excluding carboxylic acids is 1. The van der Waals surface area contributed by atoms with E-state index >= 15 is 0 Å². The topological polar surface area (TPSA) is 76.6 Å². The molecule has 3 rings (SSSR count). The van der Waals surface area contributed by atoms with Crippen molar-refractivity contribution in [2.45, 2.75) is 32.9 Å². The summed E-state index contributed by atoms with van der Waals surface area (Å²) in [6, 6.07) is 7.19. The first-order chi connectivity index (χ1) is 11.9. The van der Waals surface area contributed by atoms with Crippen LogP contribution in [0.4, 0.5) is 10.5 Å². The first kappa shape index (κ1) is 17.0. The van der Waals surface area contributed by atoms with E-state index in [1.807, 2.05) is 32.0 Å². The molecule has 0 unspecified atom stereocenters. The third kappa shape index (κ3) is 3.81. The number of rotatable bonds is 2. The standard InChI is InChI=1S/C18H22N4O3/c1-12-15(7-8-19-21-12)20-17(23)22-10-13-5-6-14(24-4)9-16(13)25-18(2,3)11-22/h5-9H,10-11H2,1-4H3,(H,19,20,23). The first-order valence-electron chi connectivity index (χ1n) is 8.08. The van der Waals surface area contributed by atoms with Gasteiger partial charge in [-0.3, -0.25) is 0 Å². The van der Waals surface area contributed by atoms with E-state index in [-0.39, 0.29) is 6.03 Å². The number of anilines is 1. The lowest BCUT2D eigenvalue weighted by molar-refractivity contribution is 0.0833. The van der Waals surface area contributed by atoms with Crippen LogP contribution >= 0.6 is 0 Å². The van der Waals surface area contributed by atoms with Gasteiger partial charge in [0, 0.05) is 11.6 Å². The highest BCUT2D eigenvalue weighted by Gasteiger charge is 2.32. The predicted octanol–water partition coefficient (Wildman–Crippen LogP) is 3.00. The minimum atomic E-state index is -0.527. The molecule has 25 heavy (non-hydrogen) atoms. The van der Waals surface area contributed by atoms with E-state index in [1.165, 1.54) is 0 Å². The van der Waals surface area contributed by atoms with Crippen LogP contribution < -0.4 is 14.8 Å². The monoisotopic (exact) mass is 342 g/mol. The zero-order chi connectivity index (χ0) is 18.0. The number of carbonyl (C=O) groups is 1. The van der Waals surface area contributed by atoms with Crippen molar-refractivity contribution in [1.29, 1.82) is 0 Å². The zero-order valence-electron chi connectivity index (χ0n) is 14.9. The normalized spacial score (nSPS) is 15.6. The second-order valence-corrected chi connectivity index (χ2v) is 6.65. The highest BCUT2D eigenvalue weighted by molar-refractivity contribution is 5.89. The summed E-state index contributed by atoms with van der Waals surface area (Å²) in [6.45, 7) is 6.63. The number of benzene rings is 1. The van der Waals surface area contributed by atoms with Crippen LogP contribution in [-0.2, 0) is 6.54 Å². The molecule has 0 atom stereocenters. The fourth-order valence-electron chi connectivity index (χ4n) is 2.81. The predicted molar refractivity (Wildman–Crippen MR) is 93.9 cm³/mol. The Bertz CT molecular complexity index is 792. The van der Waals surface area contributed by atoms with Gasteiger partial charge in [-0.25, -0.2) is 4.79 Å². The number of nitrogens with one attached hydrogen (secondary N) is 1. The van der Waals surface area contributed by atoms with Crippen LogP contribution in [-0.4, -0.2) is 40.4 Å². The van der Waals surface area contributed by atoms with Crippen molar-refractivity contribution in [3.63, 3.8) is 0 Å². The smallest absolute Gasteiger partial charge is 0.322 e. The molecule has 0 saturated heterocycles. The van der Waals surface area contributed by atoms with Crippen LogP contribution in [0.15, 0.2) is 30.5 Å². The summed E-state index contributed by atoms with van der Waals surface area (Å²) in [7, 11) is 1.62. The van der Waals surface area contributed by atoms with Gasteiger partial charge < -0.3 is 19.7 Å². The molecule has 1 aliphatic rings. The Morgan fingerprint density at radius 3 is 2.88 bits per heavy atom. The van der Waals surface area contributed by atoms with Crippen molar-refractivity contribution < 1.29 is 14.3 Å². The van der Waals surface area contributed by atoms with Crippen LogP contribution in [0.5, 0.6) is 11.5 Å². The summed E-state index contributed by atoms with van der Waals surface area (Å²) >= 11 is 0. The number of aryl methyl sites for hydroxylation is 1. The summed E-state index contributed by atoms with van der Waals surface area (Å²) in [6.07, 6.45) is 1.56. The Morgan fingerprint density at radius 1 is 1.36 bits per heavy atom. The van der Waals surface area contributed by atoms with Gasteiger partial charge in [0.05, 0.1) is 37.8 Å². The van der Waals surface area contributed by atoms with Gasteiger partial charge in [0.15, 0.2) is 0 Å². The maximum atomic E-state index is 12.8. The molecule has 0 aliphatic carbocycles. The van der Waals surface area contributed by atoms with E-state index in [9.17, 15) is 4.79 Å². The van der Waals surface area contributed by atoms with Crippen molar-refractivity contribution in [3.8, 4) is 11.5 Å². The van der Waals surface area contributed by atoms with E-state index < -0.39 is 5.60 Å². The van der Waals surface area contributed by atoms with Gasteiger partial charge in [0.25, 0.3) is 0 Å². The number of urea groups is 1. The molecule has 7 heteroatoms. The van der Waals surface area contributed by atoms with Gasteiger partial charge in [-0.1, -0.05) is 0 Å². The molecule has 0 spiro atoms. The number of aromatic nitrogens is 2. The molecule has 0 fully saturated rings. The molecule has 1 aromatic heterocycles. The van der Waals surface area contributed by atoms with Gasteiger partial charge >= 0.3 is 6.03 Å². The number of hydrogen-bond acceptors (Lipinski definition) is 5. The van der Waals surface area contributed by atoms with E-state index in [1.54, 1.807) is 31.2 Å². The van der Waals surface area contributed by atoms with Gasteiger partial charge in [0.2, 0.25) is 0 Å². The molecule has 0 bridgehead atoms. The van der Waals surface area contributed by atoms with E-state index in [0.717, 1.165) is 17.1 Å². The van der Waals surface area contributed by atoms with Gasteiger partial charge in [0.1, 0.15) is 17.1 Å². The van der Waals surface area contributed by atoms with Gasteiger partial charge in [-0.2, -0.15) is 10.2 Å². The Labute approximate surface area is 147 Å². The summed E-state index contributed by atoms with van der Waals surface area (Å²) in [4.78, 5) is 14.5. The second kappa shape index (κ2) is 6.58. The van der Waals surface area contributed by atoms with Crippen LogP contribution in [0, 0.1) is 6.92 Å². The number of hydrogen-bond donors (Lipinski definition) is 1. The molecule has 1 aromatic carbocycles. The molecule has 7 nitrogen and oxygen atoms in total. The number of fused-ring (bicyclic) bond motifs is 1. The zero-order valence-corrected chi connectivity index (χ0v) is 14.9. The summed E-state index contributed by atoms with van der Waals surface area (Å²) in [5.41, 5.74) is 1.73. The van der Waals surface area contributed by atoms with E-state index in [2.05, 4.69) is 15.5 Å². The molecule has 0 radical (unpaired) electrons. The van der Waals surface area contributed by atoms with Crippen molar-refractivity contribution in [2.75, 3.05) is 19.0 Å². The van der Waals surface area contributed by atoms with Gasteiger partial charge in [-0.15, -0.1) is 0 Å². The van der Waals surface area contributed by atoms with Crippen LogP contribution in [0.3, 0.4) is 0 Å². The summed E-state index contributed by atoms with van der Waals surface area (Å²) < 4.78 is 11.4.